The molecule has 25 heteroatoms. The van der Waals surface area contributed by atoms with Crippen molar-refractivity contribution in [2.75, 3.05) is 47.6 Å². The Balaban J connectivity index is 1.71. The van der Waals surface area contributed by atoms with Gasteiger partial charge in [-0.2, -0.15) is 0 Å². The number of likely N-dealkylation sites (N-methyl/N-ethyl adjacent to an activating group) is 1. The summed E-state index contributed by atoms with van der Waals surface area (Å²) in [5.74, 6) is -8.09. The molecule has 0 aliphatic carbocycles. The second kappa shape index (κ2) is 32.4. The van der Waals surface area contributed by atoms with E-state index in [-0.39, 0.29) is 67.7 Å². The van der Waals surface area contributed by atoms with E-state index in [1.54, 1.807) is 87.4 Å². The van der Waals surface area contributed by atoms with Crippen LogP contribution in [0.2, 0.25) is 0 Å². The van der Waals surface area contributed by atoms with Crippen molar-refractivity contribution in [1.29, 1.82) is 0 Å². The highest BCUT2D eigenvalue weighted by Gasteiger charge is 2.53. The number of aliphatic hydroxyl groups is 2. The molecule has 4 heterocycles. The highest BCUT2D eigenvalue weighted by molar-refractivity contribution is 7.89. The maximum Gasteiger partial charge on any atom is 0.408 e. The quantitative estimate of drug-likeness (QED) is 0.0609. The number of benzene rings is 1. The van der Waals surface area contributed by atoms with Crippen LogP contribution in [-0.4, -0.2) is 204 Å². The number of amides is 1. The van der Waals surface area contributed by atoms with E-state index in [0.717, 1.165) is 0 Å². The van der Waals surface area contributed by atoms with Crippen molar-refractivity contribution in [2.24, 2.45) is 46.6 Å². The Morgan fingerprint density at radius 1 is 0.851 bits per heavy atom. The van der Waals surface area contributed by atoms with E-state index in [1.807, 2.05) is 34.7 Å². The van der Waals surface area contributed by atoms with Crippen molar-refractivity contribution in [3.63, 3.8) is 0 Å². The molecular formula is C62H104N4O20S. The van der Waals surface area contributed by atoms with Gasteiger partial charge in [0.05, 0.1) is 65.1 Å². The number of hydrogen-bond donors (Lipinski definition) is 4. The highest BCUT2D eigenvalue weighted by atomic mass is 32.2. The first-order valence-corrected chi connectivity index (χ1v) is 32.4. The van der Waals surface area contributed by atoms with Crippen LogP contribution < -0.4 is 10.0 Å². The van der Waals surface area contributed by atoms with Gasteiger partial charge in [-0.1, -0.05) is 71.8 Å². The van der Waals surface area contributed by atoms with Gasteiger partial charge in [-0.25, -0.2) is 17.9 Å². The van der Waals surface area contributed by atoms with E-state index in [0.29, 0.717) is 13.0 Å². The SMILES string of the molecule is CCON=C1C[C@@H](C)O[C@@H](O[C@@H]2[C@@H](C)[C@H](O[C@H]3C[C@@H](C)N(C)C[C@H](C)O3)[C@@H](C)C(=O)O[C@H](C(C)CO[C@@H]3O[C@H](C)[C@@H](O)[C@@H](OC)[C@H]3OC)[C@H](C)[C@@H](OC(=O)CC(C)C)[C@@H](C)C(=O)[C@@](C)(OC(=O)NC(C)(C)CNS(=O)(=O)c3ccccc3)C[C@@H]2C)[C@@H]1O. The van der Waals surface area contributed by atoms with Gasteiger partial charge in [-0.3, -0.25) is 14.4 Å². The van der Waals surface area contributed by atoms with Crippen molar-refractivity contribution >= 4 is 39.6 Å². The van der Waals surface area contributed by atoms with Gasteiger partial charge in [0.25, 0.3) is 0 Å². The number of cyclic esters (lactones) is 1. The minimum absolute atomic E-state index is 0.0134. The summed E-state index contributed by atoms with van der Waals surface area (Å²) >= 11 is 0. The molecule has 0 radical (unpaired) electrons. The number of nitrogens with zero attached hydrogens (tertiary/aromatic N) is 2. The number of nitrogens with one attached hydrogen (secondary N) is 2. The fraction of sp³-hybridized carbons (Fsp3) is 0.823. The first-order chi connectivity index (χ1) is 40.7. The molecule has 498 valence electrons. The van der Waals surface area contributed by atoms with Gasteiger partial charge in [0.1, 0.15) is 43.2 Å². The number of rotatable bonds is 21. The van der Waals surface area contributed by atoms with Gasteiger partial charge in [0, 0.05) is 70.4 Å². The average Bonchev–Trinajstić information content (AvgIpc) is 1.37. The van der Waals surface area contributed by atoms with Crippen molar-refractivity contribution in [1.82, 2.24) is 14.9 Å². The Hall–Kier alpha value is -3.96. The molecule has 4 saturated heterocycles. The van der Waals surface area contributed by atoms with E-state index in [1.165, 1.54) is 33.3 Å². The van der Waals surface area contributed by atoms with Crippen LogP contribution >= 0.6 is 0 Å². The summed E-state index contributed by atoms with van der Waals surface area (Å²) in [6, 6.07) is 7.71. The summed E-state index contributed by atoms with van der Waals surface area (Å²) in [6.07, 6.45) is -14.7. The largest absolute Gasteiger partial charge is 0.461 e. The molecular weight excluding hydrogens is 1150 g/mol. The molecule has 1 aromatic rings. The lowest BCUT2D eigenvalue weighted by Gasteiger charge is -2.45. The van der Waals surface area contributed by atoms with Crippen molar-refractivity contribution in [2.45, 2.75) is 245 Å². The normalized spacial score (nSPS) is 37.3. The second-order valence-corrected chi connectivity index (χ2v) is 27.8. The monoisotopic (exact) mass is 1260 g/mol. The molecule has 4 fully saturated rings. The van der Waals surface area contributed by atoms with E-state index in [9.17, 15) is 28.2 Å². The predicted molar refractivity (Wildman–Crippen MR) is 320 cm³/mol. The number of carbonyl (C=O) groups is 4. The summed E-state index contributed by atoms with van der Waals surface area (Å²) in [5, 5.41) is 29.9. The van der Waals surface area contributed by atoms with Crippen LogP contribution in [0.15, 0.2) is 40.4 Å². The molecule has 0 saturated carbocycles. The number of methoxy groups -OCH3 is 2. The third kappa shape index (κ3) is 19.8. The minimum atomic E-state index is -4.03. The average molecular weight is 1260 g/mol. The summed E-state index contributed by atoms with van der Waals surface area (Å²) in [7, 11) is 0.843. The number of hydrogen-bond acceptors (Lipinski definition) is 22. The summed E-state index contributed by atoms with van der Waals surface area (Å²) < 4.78 is 100.0. The number of esters is 2. The first-order valence-electron chi connectivity index (χ1n) is 30.9. The Bertz CT molecular complexity index is 2510. The summed E-state index contributed by atoms with van der Waals surface area (Å²) in [5.41, 5.74) is -3.17. The number of oxime groups is 1. The zero-order valence-corrected chi connectivity index (χ0v) is 55.6. The van der Waals surface area contributed by atoms with E-state index < -0.39 is 160 Å². The molecule has 1 amide bonds. The Kier molecular flexibility index (Phi) is 27.4. The Morgan fingerprint density at radius 3 is 2.13 bits per heavy atom. The number of Topliss-reactive ketones (excluding diaryl/α,β-unsaturated/α-hetero) is 1. The Morgan fingerprint density at radius 2 is 1.51 bits per heavy atom. The molecule has 0 bridgehead atoms. The van der Waals surface area contributed by atoms with Crippen LogP contribution in [0.1, 0.15) is 136 Å². The molecule has 1 unspecified atom stereocenters. The van der Waals surface area contributed by atoms with Crippen molar-refractivity contribution < 1.29 is 94.8 Å². The molecule has 1 aromatic carbocycles. The van der Waals surface area contributed by atoms with Gasteiger partial charge in [0.15, 0.2) is 30.3 Å². The van der Waals surface area contributed by atoms with E-state index in [2.05, 4.69) is 27.0 Å². The zero-order valence-electron chi connectivity index (χ0n) is 54.8. The fourth-order valence-electron chi connectivity index (χ4n) is 12.3. The van der Waals surface area contributed by atoms with Crippen LogP contribution in [-0.2, 0) is 81.3 Å². The molecule has 0 aromatic heterocycles. The maximum absolute atomic E-state index is 16.1. The van der Waals surface area contributed by atoms with Gasteiger partial charge in [-0.05, 0) is 99.8 Å². The molecule has 0 spiro atoms. The molecule has 87 heavy (non-hydrogen) atoms. The third-order valence-corrected chi connectivity index (χ3v) is 18.6. The number of aliphatic hydroxyl groups excluding tert-OH is 2. The van der Waals surface area contributed by atoms with E-state index >= 15 is 9.59 Å². The number of alkyl carbamates (subject to hydrolysis) is 1. The van der Waals surface area contributed by atoms with Crippen molar-refractivity contribution in [3.05, 3.63) is 30.3 Å². The predicted octanol–water partition coefficient (Wildman–Crippen LogP) is 6.15. The van der Waals surface area contributed by atoms with Crippen LogP contribution in [0.25, 0.3) is 0 Å². The van der Waals surface area contributed by atoms with Crippen LogP contribution in [0.3, 0.4) is 0 Å². The molecule has 4 aliphatic rings. The van der Waals surface area contributed by atoms with Gasteiger partial charge < -0.3 is 77.4 Å². The zero-order chi connectivity index (χ0) is 65.0. The summed E-state index contributed by atoms with van der Waals surface area (Å²) in [6.45, 7) is 28.2. The lowest BCUT2D eigenvalue weighted by atomic mass is 9.74. The van der Waals surface area contributed by atoms with E-state index in [4.69, 9.17) is 56.9 Å². The fourth-order valence-corrected chi connectivity index (χ4v) is 13.5. The summed E-state index contributed by atoms with van der Waals surface area (Å²) in [4.78, 5) is 68.0. The van der Waals surface area contributed by atoms with Crippen LogP contribution in [0, 0.1) is 41.4 Å². The van der Waals surface area contributed by atoms with Crippen LogP contribution in [0.4, 0.5) is 4.79 Å². The standard InChI is InChI=1S/C62H104N4O20S/c1-20-78-65-45-28-37(7)80-58(49(45)69)85-50-34(4)29-62(16,86-60(72)64-61(14,15)32-63-87(73,74)44-24-22-21-23-25-44)56(70)41(11)52(82-46(67)26-33(2)3)40(10)51(35(5)31-77-59-55(76-19)54(75-18)48(68)43(13)81-59)84-57(71)42(12)53(39(50)9)83-47-27-36(6)66(17)30-38(8)79-47/h21-25,33-43,47-55,58-59,63,68-69H,20,26-32H2,1-19H3,(H,64,72)/t34-,35?,36+,37+,38-,39+,40-,41+,42+,43+,47-,48+,49+,50-,51+,52+,53-,54+,55+,58-,59+,62-/m0/s1. The second-order valence-electron chi connectivity index (χ2n) is 26.0. The first kappa shape index (κ1) is 73.8. The van der Waals surface area contributed by atoms with Gasteiger partial charge in [-0.15, -0.1) is 0 Å². The maximum atomic E-state index is 16.1. The Labute approximate surface area is 516 Å². The molecule has 4 aliphatic heterocycles. The number of carbonyl (C=O) groups excluding carboxylic acids is 4. The topological polar surface area (TPSA) is 293 Å². The number of sulfonamides is 1. The number of ether oxygens (including phenoxy) is 11. The lowest BCUT2D eigenvalue weighted by Crippen LogP contribution is -2.59. The van der Waals surface area contributed by atoms with Crippen LogP contribution in [0.5, 0.6) is 0 Å². The third-order valence-electron chi connectivity index (χ3n) is 17.2. The minimum Gasteiger partial charge on any atom is -0.461 e. The lowest BCUT2D eigenvalue weighted by molar-refractivity contribution is -0.305. The highest BCUT2D eigenvalue weighted by Crippen LogP contribution is 2.41. The molecule has 22 atom stereocenters. The van der Waals surface area contributed by atoms with Gasteiger partial charge in [0.2, 0.25) is 10.0 Å². The molecule has 4 N–H and O–H groups in total. The van der Waals surface area contributed by atoms with Gasteiger partial charge >= 0.3 is 18.0 Å². The smallest absolute Gasteiger partial charge is 0.408 e. The molecule has 24 nitrogen and oxygen atoms in total. The van der Waals surface area contributed by atoms with Crippen molar-refractivity contribution in [3.8, 4) is 0 Å². The molecule has 5 rings (SSSR count). The number of ketones is 1.